The van der Waals surface area contributed by atoms with Crippen LogP contribution in [0.4, 0.5) is 17.1 Å². The van der Waals surface area contributed by atoms with Gasteiger partial charge in [0.05, 0.1) is 5.69 Å². The molecule has 51 heavy (non-hydrogen) atoms. The van der Waals surface area contributed by atoms with Crippen molar-refractivity contribution in [1.82, 2.24) is 0 Å². The molecule has 0 saturated heterocycles. The molecule has 0 amide bonds. The smallest absolute Gasteiger partial charge is 0.136 e. The van der Waals surface area contributed by atoms with E-state index in [2.05, 4.69) is 183 Å². The van der Waals surface area contributed by atoms with Crippen LogP contribution in [0.3, 0.4) is 0 Å². The fourth-order valence-corrected chi connectivity index (χ4v) is 8.35. The third-order valence-electron chi connectivity index (χ3n) is 10.9. The Kier molecular flexibility index (Phi) is 6.56. The number of anilines is 3. The van der Waals surface area contributed by atoms with Crippen LogP contribution in [0.5, 0.6) is 0 Å². The van der Waals surface area contributed by atoms with Gasteiger partial charge in [-0.25, -0.2) is 0 Å². The van der Waals surface area contributed by atoms with Crippen LogP contribution in [-0.4, -0.2) is 0 Å². The van der Waals surface area contributed by atoms with Gasteiger partial charge in [-0.1, -0.05) is 141 Å². The predicted molar refractivity (Wildman–Crippen MR) is 214 cm³/mol. The van der Waals surface area contributed by atoms with Crippen LogP contribution < -0.4 is 4.90 Å². The van der Waals surface area contributed by atoms with Gasteiger partial charge in [0.1, 0.15) is 11.2 Å². The molecule has 2 heteroatoms. The average Bonchev–Trinajstić information content (AvgIpc) is 3.67. The summed E-state index contributed by atoms with van der Waals surface area (Å²) in [6, 6.07) is 63.8. The van der Waals surface area contributed by atoms with Crippen molar-refractivity contribution >= 4 is 49.8 Å². The van der Waals surface area contributed by atoms with Crippen molar-refractivity contribution in [3.05, 3.63) is 187 Å². The number of nitrogens with zero attached hydrogens (tertiary/aromatic N) is 1. The van der Waals surface area contributed by atoms with Crippen molar-refractivity contribution < 1.29 is 4.42 Å². The summed E-state index contributed by atoms with van der Waals surface area (Å²) in [6.07, 6.45) is 0. The molecular formula is C49H35NO. The lowest BCUT2D eigenvalue weighted by molar-refractivity contribution is 0.660. The normalized spacial score (nSPS) is 13.1. The second-order valence-electron chi connectivity index (χ2n) is 14.1. The van der Waals surface area contributed by atoms with Crippen LogP contribution in [0, 0.1) is 0 Å². The highest BCUT2D eigenvalue weighted by molar-refractivity contribution is 6.06. The van der Waals surface area contributed by atoms with Gasteiger partial charge in [-0.2, -0.15) is 0 Å². The summed E-state index contributed by atoms with van der Waals surface area (Å²) in [4.78, 5) is 2.43. The molecule has 2 nitrogen and oxygen atoms in total. The van der Waals surface area contributed by atoms with Crippen LogP contribution in [-0.2, 0) is 5.41 Å². The van der Waals surface area contributed by atoms with Crippen molar-refractivity contribution in [3.8, 4) is 33.4 Å². The third-order valence-corrected chi connectivity index (χ3v) is 10.9. The van der Waals surface area contributed by atoms with Gasteiger partial charge in [-0.3, -0.25) is 0 Å². The zero-order chi connectivity index (χ0) is 34.1. The molecule has 1 aromatic heterocycles. The Balaban J connectivity index is 1.18. The van der Waals surface area contributed by atoms with E-state index in [-0.39, 0.29) is 5.41 Å². The molecule has 8 aromatic carbocycles. The summed E-state index contributed by atoms with van der Waals surface area (Å²) < 4.78 is 6.30. The standard InChI is InChI=1S/C49H35NO/c1-49(2)43-21-8-5-19-42(43)48-41(20-12-22-44(48)49)38-17-6-9-23-45(38)50(37-27-25-32-13-3-4-14-33(32)29-37)36-16-11-15-34(30-36)35-26-28-40-39-18-7-10-24-46(39)51-47(40)31-35/h3-31H,1-2H3. The Bertz CT molecular complexity index is 2800. The molecule has 0 unspecified atom stereocenters. The number of hydrogen-bond donors (Lipinski definition) is 0. The molecule has 9 aromatic rings. The Labute approximate surface area is 297 Å². The summed E-state index contributed by atoms with van der Waals surface area (Å²) in [6.45, 7) is 4.70. The predicted octanol–water partition coefficient (Wildman–Crippen LogP) is 13.8. The summed E-state index contributed by atoms with van der Waals surface area (Å²) in [5.41, 5.74) is 15.2. The molecule has 0 saturated carbocycles. The first-order chi connectivity index (χ1) is 25.0. The van der Waals surface area contributed by atoms with Gasteiger partial charge in [0.25, 0.3) is 0 Å². The fourth-order valence-electron chi connectivity index (χ4n) is 8.35. The van der Waals surface area contributed by atoms with Crippen molar-refractivity contribution in [2.75, 3.05) is 4.90 Å². The Hall–Kier alpha value is -6.38. The molecule has 0 bridgehead atoms. The minimum absolute atomic E-state index is 0.0792. The number of fused-ring (bicyclic) bond motifs is 7. The van der Waals surface area contributed by atoms with E-state index in [1.54, 1.807) is 0 Å². The maximum Gasteiger partial charge on any atom is 0.136 e. The molecule has 0 N–H and O–H groups in total. The van der Waals surface area contributed by atoms with Gasteiger partial charge in [0.2, 0.25) is 0 Å². The van der Waals surface area contributed by atoms with Crippen LogP contribution in [0.1, 0.15) is 25.0 Å². The topological polar surface area (TPSA) is 16.4 Å². The van der Waals surface area contributed by atoms with E-state index in [4.69, 9.17) is 4.42 Å². The second-order valence-corrected chi connectivity index (χ2v) is 14.1. The number of benzene rings is 8. The first-order valence-corrected chi connectivity index (χ1v) is 17.7. The van der Waals surface area contributed by atoms with Gasteiger partial charge >= 0.3 is 0 Å². The summed E-state index contributed by atoms with van der Waals surface area (Å²) >= 11 is 0. The zero-order valence-electron chi connectivity index (χ0n) is 28.6. The first-order valence-electron chi connectivity index (χ1n) is 17.7. The lowest BCUT2D eigenvalue weighted by atomic mass is 9.82. The van der Waals surface area contributed by atoms with E-state index in [9.17, 15) is 0 Å². The number of rotatable bonds is 5. The van der Waals surface area contributed by atoms with Gasteiger partial charge in [0.15, 0.2) is 0 Å². The van der Waals surface area contributed by atoms with Crippen LogP contribution in [0.15, 0.2) is 180 Å². The van der Waals surface area contributed by atoms with E-state index < -0.39 is 0 Å². The van der Waals surface area contributed by atoms with Crippen molar-refractivity contribution in [2.45, 2.75) is 19.3 Å². The minimum Gasteiger partial charge on any atom is -0.456 e. The highest BCUT2D eigenvalue weighted by Gasteiger charge is 2.37. The number of furan rings is 1. The first kappa shape index (κ1) is 29.5. The van der Waals surface area contributed by atoms with Crippen LogP contribution in [0.2, 0.25) is 0 Å². The maximum atomic E-state index is 6.30. The lowest BCUT2D eigenvalue weighted by Gasteiger charge is -2.29. The van der Waals surface area contributed by atoms with E-state index in [0.29, 0.717) is 0 Å². The maximum absolute atomic E-state index is 6.30. The summed E-state index contributed by atoms with van der Waals surface area (Å²) in [5, 5.41) is 4.71. The van der Waals surface area contributed by atoms with E-state index in [1.807, 2.05) is 12.1 Å². The quantitative estimate of drug-likeness (QED) is 0.184. The Morgan fingerprint density at radius 2 is 1.10 bits per heavy atom. The molecule has 10 rings (SSSR count). The van der Waals surface area contributed by atoms with Gasteiger partial charge in [-0.15, -0.1) is 0 Å². The van der Waals surface area contributed by atoms with Crippen LogP contribution >= 0.6 is 0 Å². The highest BCUT2D eigenvalue weighted by Crippen LogP contribution is 2.53. The lowest BCUT2D eigenvalue weighted by Crippen LogP contribution is -2.14. The molecule has 0 spiro atoms. The molecule has 0 aliphatic heterocycles. The minimum atomic E-state index is -0.0792. The Morgan fingerprint density at radius 3 is 2.02 bits per heavy atom. The molecule has 0 radical (unpaired) electrons. The summed E-state index contributed by atoms with van der Waals surface area (Å²) in [7, 11) is 0. The monoisotopic (exact) mass is 653 g/mol. The fraction of sp³-hybridized carbons (Fsp3) is 0.0612. The number of para-hydroxylation sites is 2. The molecule has 242 valence electrons. The third kappa shape index (κ3) is 4.64. The molecule has 1 heterocycles. The molecule has 0 atom stereocenters. The van der Waals surface area contributed by atoms with E-state index in [1.165, 1.54) is 44.2 Å². The van der Waals surface area contributed by atoms with E-state index in [0.717, 1.165) is 50.1 Å². The average molecular weight is 654 g/mol. The second kappa shape index (κ2) is 11.3. The van der Waals surface area contributed by atoms with Gasteiger partial charge < -0.3 is 9.32 Å². The van der Waals surface area contributed by atoms with Gasteiger partial charge in [-0.05, 0) is 98.2 Å². The molecule has 1 aliphatic carbocycles. The SMILES string of the molecule is CC1(C)c2ccccc2-c2c(-c3ccccc3N(c3cccc(-c4ccc5c(c4)oc4ccccc45)c3)c3ccc4ccccc4c3)cccc21. The van der Waals surface area contributed by atoms with E-state index >= 15 is 0 Å². The summed E-state index contributed by atoms with van der Waals surface area (Å²) in [5.74, 6) is 0. The van der Waals surface area contributed by atoms with Crippen molar-refractivity contribution in [1.29, 1.82) is 0 Å². The number of hydrogen-bond acceptors (Lipinski definition) is 2. The van der Waals surface area contributed by atoms with Gasteiger partial charge in [0, 0.05) is 33.1 Å². The molecule has 1 aliphatic rings. The Morgan fingerprint density at radius 1 is 0.431 bits per heavy atom. The highest BCUT2D eigenvalue weighted by atomic mass is 16.3. The zero-order valence-corrected chi connectivity index (χ0v) is 28.6. The molecule has 0 fully saturated rings. The molecular weight excluding hydrogens is 619 g/mol. The van der Waals surface area contributed by atoms with Crippen molar-refractivity contribution in [3.63, 3.8) is 0 Å². The largest absolute Gasteiger partial charge is 0.456 e. The van der Waals surface area contributed by atoms with Crippen LogP contribution in [0.25, 0.3) is 66.1 Å². The van der Waals surface area contributed by atoms with Crippen molar-refractivity contribution in [2.24, 2.45) is 0 Å².